The van der Waals surface area contributed by atoms with Crippen molar-refractivity contribution in [1.29, 1.82) is 0 Å². The zero-order valence-corrected chi connectivity index (χ0v) is 24.0. The maximum absolute atomic E-state index is 13.1. The molecule has 44 heavy (non-hydrogen) atoms. The van der Waals surface area contributed by atoms with Crippen LogP contribution in [0.4, 0.5) is 17.3 Å². The van der Waals surface area contributed by atoms with E-state index in [-0.39, 0.29) is 5.91 Å². The van der Waals surface area contributed by atoms with E-state index in [0.29, 0.717) is 23.1 Å². The molecule has 7 aromatic rings. The molecular formula is C36H30N6O2. The van der Waals surface area contributed by atoms with E-state index in [1.807, 2.05) is 78.9 Å². The molecule has 0 radical (unpaired) electrons. The van der Waals surface area contributed by atoms with E-state index >= 15 is 0 Å². The minimum Gasteiger partial charge on any atom is -0.455 e. The van der Waals surface area contributed by atoms with Gasteiger partial charge in [-0.3, -0.25) is 4.79 Å². The monoisotopic (exact) mass is 578 g/mol. The maximum atomic E-state index is 13.1. The fourth-order valence-electron chi connectivity index (χ4n) is 6.15. The van der Waals surface area contributed by atoms with E-state index < -0.39 is 0 Å². The number of anilines is 3. The predicted molar refractivity (Wildman–Crippen MR) is 175 cm³/mol. The van der Waals surface area contributed by atoms with E-state index in [1.54, 1.807) is 10.7 Å². The average molecular weight is 579 g/mol. The van der Waals surface area contributed by atoms with Crippen molar-refractivity contribution < 1.29 is 9.21 Å². The highest BCUT2D eigenvalue weighted by Crippen LogP contribution is 2.36. The van der Waals surface area contributed by atoms with Gasteiger partial charge in [-0.15, -0.1) is 0 Å². The minimum absolute atomic E-state index is 0.149. The van der Waals surface area contributed by atoms with Crippen LogP contribution in [0.25, 0.3) is 38.7 Å². The van der Waals surface area contributed by atoms with Gasteiger partial charge < -0.3 is 20.4 Å². The summed E-state index contributed by atoms with van der Waals surface area (Å²) in [5.41, 5.74) is 7.55. The highest BCUT2D eigenvalue weighted by molar-refractivity contribution is 6.09. The molecule has 0 bridgehead atoms. The number of carbonyl (C=O) groups excluding carboxylic acids is 1. The van der Waals surface area contributed by atoms with Gasteiger partial charge in [0.2, 0.25) is 5.95 Å². The first-order chi connectivity index (χ1) is 21.7. The van der Waals surface area contributed by atoms with Crippen molar-refractivity contribution in [2.75, 3.05) is 23.7 Å². The van der Waals surface area contributed by atoms with Crippen LogP contribution in [0.5, 0.6) is 0 Å². The Morgan fingerprint density at radius 3 is 2.61 bits per heavy atom. The van der Waals surface area contributed by atoms with E-state index in [9.17, 15) is 4.79 Å². The lowest BCUT2D eigenvalue weighted by molar-refractivity contribution is 0.102. The summed E-state index contributed by atoms with van der Waals surface area (Å²) in [7, 11) is 0. The largest absolute Gasteiger partial charge is 0.455 e. The van der Waals surface area contributed by atoms with Gasteiger partial charge in [0, 0.05) is 39.8 Å². The number of aromatic nitrogens is 3. The first-order valence-corrected chi connectivity index (χ1v) is 14.9. The van der Waals surface area contributed by atoms with Crippen LogP contribution in [-0.4, -0.2) is 33.6 Å². The summed E-state index contributed by atoms with van der Waals surface area (Å²) in [6, 6.07) is 33.7. The number of hydrogen-bond acceptors (Lipinski definition) is 6. The third kappa shape index (κ3) is 4.85. The minimum atomic E-state index is -0.149. The Labute approximate surface area is 253 Å². The van der Waals surface area contributed by atoms with Crippen LogP contribution in [0.15, 0.2) is 114 Å². The second-order valence-electron chi connectivity index (χ2n) is 11.2. The molecule has 1 aliphatic rings. The summed E-state index contributed by atoms with van der Waals surface area (Å²) in [5, 5.41) is 16.5. The Balaban J connectivity index is 1.07. The van der Waals surface area contributed by atoms with Gasteiger partial charge in [-0.05, 0) is 85.5 Å². The maximum Gasteiger partial charge on any atom is 0.255 e. The average Bonchev–Trinajstić information content (AvgIpc) is 3.70. The number of amides is 1. The van der Waals surface area contributed by atoms with Crippen LogP contribution >= 0.6 is 0 Å². The molecule has 8 heteroatoms. The van der Waals surface area contributed by atoms with Crippen molar-refractivity contribution in [2.45, 2.75) is 18.8 Å². The molecule has 1 amide bonds. The lowest BCUT2D eigenvalue weighted by atomic mass is 9.91. The summed E-state index contributed by atoms with van der Waals surface area (Å²) in [5.74, 6) is 0.902. The number of hydrogen-bond donors (Lipinski definition) is 3. The first kappa shape index (κ1) is 26.2. The van der Waals surface area contributed by atoms with Crippen molar-refractivity contribution in [1.82, 2.24) is 19.9 Å². The Bertz CT molecular complexity index is 2140. The second-order valence-corrected chi connectivity index (χ2v) is 11.2. The number of furan rings is 1. The molecule has 0 aliphatic carbocycles. The highest BCUT2D eigenvalue weighted by atomic mass is 16.3. The highest BCUT2D eigenvalue weighted by Gasteiger charge is 2.17. The standard InChI is InChI=1S/C36H30N6O2/c43-35(24-15-13-23(14-16-24)25-6-5-18-37-22-25)39-26-7-3-8-27(20-26)40-36-41-32(21-28-17-19-38-42(28)36)31-11-4-10-30-29-9-1-2-12-33(29)44-34(30)31/h1-4,7-17,19-21,25,37H,5-6,18,22H2,(H,39,43)(H,40,41). The Morgan fingerprint density at radius 2 is 1.73 bits per heavy atom. The molecule has 0 saturated carbocycles. The third-order valence-electron chi connectivity index (χ3n) is 8.38. The van der Waals surface area contributed by atoms with E-state index in [0.717, 1.165) is 57.5 Å². The number of nitrogens with one attached hydrogen (secondary N) is 3. The molecule has 1 saturated heterocycles. The van der Waals surface area contributed by atoms with Crippen molar-refractivity contribution in [3.05, 3.63) is 120 Å². The van der Waals surface area contributed by atoms with Gasteiger partial charge >= 0.3 is 0 Å². The number of carbonyl (C=O) groups is 1. The zero-order chi connectivity index (χ0) is 29.5. The zero-order valence-electron chi connectivity index (χ0n) is 24.0. The molecule has 1 unspecified atom stereocenters. The number of para-hydroxylation sites is 2. The van der Waals surface area contributed by atoms with Crippen molar-refractivity contribution in [3.8, 4) is 11.3 Å². The predicted octanol–water partition coefficient (Wildman–Crippen LogP) is 7.76. The number of rotatable bonds is 6. The lowest BCUT2D eigenvalue weighted by Gasteiger charge is -2.23. The van der Waals surface area contributed by atoms with Gasteiger partial charge in [-0.2, -0.15) is 5.10 Å². The smallest absolute Gasteiger partial charge is 0.255 e. The lowest BCUT2D eigenvalue weighted by Crippen LogP contribution is -2.28. The molecule has 4 heterocycles. The van der Waals surface area contributed by atoms with Crippen LogP contribution in [-0.2, 0) is 0 Å². The topological polar surface area (TPSA) is 96.5 Å². The molecule has 8 nitrogen and oxygen atoms in total. The molecule has 0 spiro atoms. The van der Waals surface area contributed by atoms with E-state index in [4.69, 9.17) is 9.40 Å². The van der Waals surface area contributed by atoms with E-state index in [2.05, 4.69) is 45.3 Å². The van der Waals surface area contributed by atoms with E-state index in [1.165, 1.54) is 18.4 Å². The Morgan fingerprint density at radius 1 is 0.886 bits per heavy atom. The van der Waals surface area contributed by atoms with Gasteiger partial charge in [-0.1, -0.05) is 48.5 Å². The third-order valence-corrected chi connectivity index (χ3v) is 8.38. The molecule has 1 fully saturated rings. The van der Waals surface area contributed by atoms with Crippen LogP contribution in [0, 0.1) is 0 Å². The SMILES string of the molecule is O=C(Nc1cccc(Nc2nc(-c3cccc4c3oc3ccccc34)cc3ccnn23)c1)c1ccc(C2CCCNC2)cc1. The van der Waals surface area contributed by atoms with Crippen molar-refractivity contribution in [2.24, 2.45) is 0 Å². The normalized spacial score (nSPS) is 15.1. The quantitative estimate of drug-likeness (QED) is 0.187. The first-order valence-electron chi connectivity index (χ1n) is 14.9. The van der Waals surface area contributed by atoms with Gasteiger partial charge in [-0.25, -0.2) is 9.50 Å². The molecule has 1 atom stereocenters. The summed E-state index contributed by atoms with van der Waals surface area (Å²) in [4.78, 5) is 18.1. The van der Waals surface area contributed by atoms with Crippen LogP contribution in [0.3, 0.4) is 0 Å². The van der Waals surface area contributed by atoms with Crippen LogP contribution in [0.2, 0.25) is 0 Å². The van der Waals surface area contributed by atoms with Gasteiger partial charge in [0.25, 0.3) is 5.91 Å². The van der Waals surface area contributed by atoms with Gasteiger partial charge in [0.05, 0.1) is 17.4 Å². The Kier molecular flexibility index (Phi) is 6.53. The van der Waals surface area contributed by atoms with Gasteiger partial charge in [0.1, 0.15) is 11.2 Å². The van der Waals surface area contributed by atoms with Crippen molar-refractivity contribution >= 4 is 50.7 Å². The molecule has 216 valence electrons. The van der Waals surface area contributed by atoms with Crippen LogP contribution in [0.1, 0.15) is 34.7 Å². The summed E-state index contributed by atoms with van der Waals surface area (Å²) in [6.07, 6.45) is 4.11. The summed E-state index contributed by atoms with van der Waals surface area (Å²) in [6.45, 7) is 2.07. The molecular weight excluding hydrogens is 548 g/mol. The molecule has 1 aliphatic heterocycles. The molecule has 3 aromatic heterocycles. The number of benzene rings is 4. The summed E-state index contributed by atoms with van der Waals surface area (Å²) >= 11 is 0. The summed E-state index contributed by atoms with van der Waals surface area (Å²) < 4.78 is 8.05. The van der Waals surface area contributed by atoms with Gasteiger partial charge in [0.15, 0.2) is 0 Å². The second kappa shape index (κ2) is 11.0. The number of fused-ring (bicyclic) bond motifs is 4. The molecule has 4 aromatic carbocycles. The fraction of sp³-hybridized carbons (Fsp3) is 0.139. The molecule has 3 N–H and O–H groups in total. The van der Waals surface area contributed by atoms with Crippen LogP contribution < -0.4 is 16.0 Å². The fourth-order valence-corrected chi connectivity index (χ4v) is 6.15. The van der Waals surface area contributed by atoms with Crippen molar-refractivity contribution in [3.63, 3.8) is 0 Å². The Hall–Kier alpha value is -5.47. The number of nitrogens with zero attached hydrogens (tertiary/aromatic N) is 3. The molecule has 8 rings (SSSR count). The number of piperidine rings is 1.